The van der Waals surface area contributed by atoms with Gasteiger partial charge in [0, 0.05) is 23.2 Å². The van der Waals surface area contributed by atoms with Crippen molar-refractivity contribution in [1.82, 2.24) is 0 Å². The van der Waals surface area contributed by atoms with E-state index in [2.05, 4.69) is 4.72 Å². The first-order valence-corrected chi connectivity index (χ1v) is 7.82. The average molecular weight is 328 g/mol. The molecular formula is C14H14ClNO4S. The van der Waals surface area contributed by atoms with Crippen LogP contribution in [0.3, 0.4) is 0 Å². The first-order chi connectivity index (χ1) is 9.94. The first kappa shape index (κ1) is 15.5. The van der Waals surface area contributed by atoms with E-state index in [1.807, 2.05) is 0 Å². The Bertz CT molecular complexity index is 707. The summed E-state index contributed by atoms with van der Waals surface area (Å²) in [5.41, 5.74) is 0.348. The maximum Gasteiger partial charge on any atom is 0.261 e. The molecule has 0 saturated heterocycles. The highest BCUT2D eigenvalue weighted by molar-refractivity contribution is 7.92. The van der Waals surface area contributed by atoms with E-state index in [0.29, 0.717) is 22.2 Å². The molecule has 0 radical (unpaired) electrons. The summed E-state index contributed by atoms with van der Waals surface area (Å²) >= 11 is 5.75. The maximum absolute atomic E-state index is 12.3. The summed E-state index contributed by atoms with van der Waals surface area (Å²) < 4.78 is 37.2. The van der Waals surface area contributed by atoms with Crippen molar-refractivity contribution < 1.29 is 17.9 Å². The van der Waals surface area contributed by atoms with Crippen LogP contribution in [-0.4, -0.2) is 22.6 Å². The van der Waals surface area contributed by atoms with Gasteiger partial charge in [0.15, 0.2) is 0 Å². The average Bonchev–Trinajstić information content (AvgIpc) is 2.46. The molecule has 0 amide bonds. The fraction of sp³-hybridized carbons (Fsp3) is 0.143. The lowest BCUT2D eigenvalue weighted by Crippen LogP contribution is -2.13. The van der Waals surface area contributed by atoms with E-state index in [-0.39, 0.29) is 4.90 Å². The largest absolute Gasteiger partial charge is 0.497 e. The minimum Gasteiger partial charge on any atom is -0.497 e. The molecule has 1 N–H and O–H groups in total. The lowest BCUT2D eigenvalue weighted by Gasteiger charge is -2.11. The third kappa shape index (κ3) is 3.80. The number of methoxy groups -OCH3 is 2. The van der Waals surface area contributed by atoms with Crippen molar-refractivity contribution >= 4 is 27.3 Å². The second-order valence-corrected chi connectivity index (χ2v) is 6.28. The predicted octanol–water partition coefficient (Wildman–Crippen LogP) is 3.16. The van der Waals surface area contributed by atoms with Gasteiger partial charge < -0.3 is 9.47 Å². The van der Waals surface area contributed by atoms with E-state index in [0.717, 1.165) is 0 Å². The molecule has 21 heavy (non-hydrogen) atoms. The van der Waals surface area contributed by atoms with Gasteiger partial charge in [-0.05, 0) is 24.3 Å². The third-order valence-corrected chi connectivity index (χ3v) is 4.38. The fourth-order valence-corrected chi connectivity index (χ4v) is 2.86. The van der Waals surface area contributed by atoms with Crippen LogP contribution in [-0.2, 0) is 10.0 Å². The molecule has 0 fully saturated rings. The van der Waals surface area contributed by atoms with E-state index in [1.165, 1.54) is 38.5 Å². The van der Waals surface area contributed by atoms with Crippen molar-refractivity contribution in [1.29, 1.82) is 0 Å². The summed E-state index contributed by atoms with van der Waals surface area (Å²) in [7, 11) is -0.715. The molecule has 0 aliphatic carbocycles. The molecule has 0 spiro atoms. The predicted molar refractivity (Wildman–Crippen MR) is 81.8 cm³/mol. The summed E-state index contributed by atoms with van der Waals surface area (Å²) in [6, 6.07) is 10.7. The highest BCUT2D eigenvalue weighted by atomic mass is 35.5. The monoisotopic (exact) mass is 327 g/mol. The van der Waals surface area contributed by atoms with Gasteiger partial charge in [-0.2, -0.15) is 0 Å². The Hall–Kier alpha value is -1.92. The van der Waals surface area contributed by atoms with E-state index in [9.17, 15) is 8.42 Å². The maximum atomic E-state index is 12.3. The Balaban J connectivity index is 2.34. The van der Waals surface area contributed by atoms with E-state index < -0.39 is 10.0 Å². The second-order valence-electron chi connectivity index (χ2n) is 4.16. The summed E-state index contributed by atoms with van der Waals surface area (Å²) in [5, 5.41) is 0.469. The summed E-state index contributed by atoms with van der Waals surface area (Å²) in [6.45, 7) is 0. The molecule has 0 bridgehead atoms. The zero-order valence-corrected chi connectivity index (χ0v) is 13.0. The van der Waals surface area contributed by atoms with Gasteiger partial charge in [-0.1, -0.05) is 11.6 Å². The Morgan fingerprint density at radius 2 is 1.48 bits per heavy atom. The normalized spacial score (nSPS) is 11.0. The molecule has 0 unspecified atom stereocenters. The molecule has 7 heteroatoms. The van der Waals surface area contributed by atoms with Crippen molar-refractivity contribution in [3.63, 3.8) is 0 Å². The van der Waals surface area contributed by atoms with Crippen LogP contribution in [0.2, 0.25) is 5.02 Å². The smallest absolute Gasteiger partial charge is 0.261 e. The van der Waals surface area contributed by atoms with Crippen LogP contribution >= 0.6 is 11.6 Å². The number of nitrogens with one attached hydrogen (secondary N) is 1. The van der Waals surface area contributed by atoms with Gasteiger partial charge in [0.2, 0.25) is 0 Å². The van der Waals surface area contributed by atoms with Gasteiger partial charge in [0.25, 0.3) is 10.0 Å². The Kier molecular flexibility index (Phi) is 4.59. The molecule has 5 nitrogen and oxygen atoms in total. The Morgan fingerprint density at radius 3 is 1.95 bits per heavy atom. The van der Waals surface area contributed by atoms with Gasteiger partial charge in [-0.15, -0.1) is 0 Å². The molecule has 0 saturated carbocycles. The molecular weight excluding hydrogens is 314 g/mol. The van der Waals surface area contributed by atoms with Crippen molar-refractivity contribution in [2.45, 2.75) is 4.90 Å². The van der Waals surface area contributed by atoms with Crippen molar-refractivity contribution in [3.05, 3.63) is 47.5 Å². The highest BCUT2D eigenvalue weighted by Crippen LogP contribution is 2.27. The Morgan fingerprint density at radius 1 is 0.952 bits per heavy atom. The van der Waals surface area contributed by atoms with Gasteiger partial charge in [-0.3, -0.25) is 4.72 Å². The first-order valence-electron chi connectivity index (χ1n) is 5.96. The van der Waals surface area contributed by atoms with Crippen LogP contribution in [0, 0.1) is 0 Å². The third-order valence-electron chi connectivity index (χ3n) is 2.73. The number of hydrogen-bond donors (Lipinski definition) is 1. The van der Waals surface area contributed by atoms with Gasteiger partial charge in [0.05, 0.1) is 24.8 Å². The van der Waals surface area contributed by atoms with Crippen LogP contribution in [0.1, 0.15) is 0 Å². The number of halogens is 1. The molecule has 2 rings (SSSR count). The quantitative estimate of drug-likeness (QED) is 0.916. The number of anilines is 1. The number of rotatable bonds is 5. The molecule has 0 heterocycles. The molecule has 0 aliphatic heterocycles. The van der Waals surface area contributed by atoms with Crippen LogP contribution in [0.25, 0.3) is 0 Å². The van der Waals surface area contributed by atoms with Crippen molar-refractivity contribution in [2.75, 3.05) is 18.9 Å². The van der Waals surface area contributed by atoms with Crippen molar-refractivity contribution in [3.8, 4) is 11.5 Å². The van der Waals surface area contributed by atoms with E-state index in [4.69, 9.17) is 21.1 Å². The number of ether oxygens (including phenoxy) is 2. The van der Waals surface area contributed by atoms with Crippen molar-refractivity contribution in [2.24, 2.45) is 0 Å². The molecule has 2 aromatic carbocycles. The molecule has 0 atom stereocenters. The molecule has 0 aliphatic rings. The van der Waals surface area contributed by atoms with Crippen LogP contribution < -0.4 is 14.2 Å². The van der Waals surface area contributed by atoms with E-state index in [1.54, 1.807) is 18.2 Å². The lowest BCUT2D eigenvalue weighted by molar-refractivity contribution is 0.395. The molecule has 2 aromatic rings. The number of benzene rings is 2. The standard InChI is InChI=1S/C14H14ClNO4S/c1-19-12-7-11(8-13(9-12)20-2)16-21(17,18)14-5-3-10(15)4-6-14/h3-9,16H,1-2H3. The highest BCUT2D eigenvalue weighted by Gasteiger charge is 2.15. The van der Waals surface area contributed by atoms with Crippen LogP contribution in [0.4, 0.5) is 5.69 Å². The molecule has 0 aromatic heterocycles. The summed E-state index contributed by atoms with van der Waals surface area (Å²) in [5.74, 6) is 0.978. The topological polar surface area (TPSA) is 64.6 Å². The summed E-state index contributed by atoms with van der Waals surface area (Å²) in [6.07, 6.45) is 0. The second kappa shape index (κ2) is 6.24. The van der Waals surface area contributed by atoms with Crippen LogP contribution in [0.15, 0.2) is 47.4 Å². The zero-order valence-electron chi connectivity index (χ0n) is 11.5. The molecule has 112 valence electrons. The van der Waals surface area contributed by atoms with Crippen LogP contribution in [0.5, 0.6) is 11.5 Å². The fourth-order valence-electron chi connectivity index (χ4n) is 1.69. The summed E-state index contributed by atoms with van der Waals surface area (Å²) in [4.78, 5) is 0.119. The SMILES string of the molecule is COc1cc(NS(=O)(=O)c2ccc(Cl)cc2)cc(OC)c1. The Labute approximate surface area is 128 Å². The minimum atomic E-state index is -3.70. The minimum absolute atomic E-state index is 0.119. The number of hydrogen-bond acceptors (Lipinski definition) is 4. The van der Waals surface area contributed by atoms with E-state index >= 15 is 0 Å². The van der Waals surface area contributed by atoms with Gasteiger partial charge in [0.1, 0.15) is 11.5 Å². The lowest BCUT2D eigenvalue weighted by atomic mass is 10.3. The zero-order chi connectivity index (χ0) is 15.5. The van der Waals surface area contributed by atoms with Gasteiger partial charge >= 0.3 is 0 Å². The van der Waals surface area contributed by atoms with Gasteiger partial charge in [-0.25, -0.2) is 8.42 Å². The number of sulfonamides is 1.